The summed E-state index contributed by atoms with van der Waals surface area (Å²) >= 11 is 6.23. The number of aryl methyl sites for hydroxylation is 1. The fraction of sp³-hybridized carbons (Fsp3) is 0.190. The molecule has 27 heavy (non-hydrogen) atoms. The van der Waals surface area contributed by atoms with Gasteiger partial charge in [-0.25, -0.2) is 5.01 Å². The highest BCUT2D eigenvalue weighted by atomic mass is 35.5. The smallest absolute Gasteiger partial charge is 0.246 e. The molecular weight excluding hydrogens is 364 g/mol. The molecule has 0 fully saturated rings. The molecule has 2 aromatic carbocycles. The second-order valence-electron chi connectivity index (χ2n) is 6.80. The molecule has 2 atom stereocenters. The van der Waals surface area contributed by atoms with E-state index in [0.717, 1.165) is 28.3 Å². The Bertz CT molecular complexity index is 1060. The highest BCUT2D eigenvalue weighted by Crippen LogP contribution is 2.48. The molecule has 0 bridgehead atoms. The zero-order valence-electron chi connectivity index (χ0n) is 14.6. The van der Waals surface area contributed by atoms with Crippen LogP contribution in [0.5, 0.6) is 11.5 Å². The summed E-state index contributed by atoms with van der Waals surface area (Å²) in [7, 11) is 0. The SMILES string of the molecule is Cc1ccc([C@H]2Oc3ccc(Cl)cc3[C@H]3CC(c4cccc(O)c4)=NN32)o1. The Morgan fingerprint density at radius 3 is 2.81 bits per heavy atom. The number of furan rings is 1. The van der Waals surface area contributed by atoms with E-state index in [1.54, 1.807) is 12.1 Å². The summed E-state index contributed by atoms with van der Waals surface area (Å²) < 4.78 is 12.1. The minimum atomic E-state index is -0.452. The summed E-state index contributed by atoms with van der Waals surface area (Å²) in [4.78, 5) is 0. The lowest BCUT2D eigenvalue weighted by atomic mass is 9.96. The van der Waals surface area contributed by atoms with Gasteiger partial charge in [0.15, 0.2) is 5.76 Å². The van der Waals surface area contributed by atoms with Gasteiger partial charge in [-0.1, -0.05) is 23.7 Å². The first-order chi connectivity index (χ1) is 13.1. The van der Waals surface area contributed by atoms with E-state index in [-0.39, 0.29) is 11.8 Å². The molecule has 1 aromatic heterocycles. The molecule has 2 aliphatic rings. The molecule has 3 aromatic rings. The van der Waals surface area contributed by atoms with Gasteiger partial charge in [-0.05, 0) is 49.4 Å². The van der Waals surface area contributed by atoms with Crippen LogP contribution < -0.4 is 4.74 Å². The number of aromatic hydroxyl groups is 1. The first-order valence-corrected chi connectivity index (χ1v) is 9.14. The number of nitrogens with zero attached hydrogens (tertiary/aromatic N) is 2. The van der Waals surface area contributed by atoms with Gasteiger partial charge in [0, 0.05) is 22.6 Å². The van der Waals surface area contributed by atoms with Crippen molar-refractivity contribution in [3.05, 3.63) is 82.3 Å². The van der Waals surface area contributed by atoms with E-state index in [2.05, 4.69) is 0 Å². The van der Waals surface area contributed by atoms with Crippen molar-refractivity contribution in [2.24, 2.45) is 5.10 Å². The number of phenolic OH excluding ortho intramolecular Hbond substituents is 1. The Hall–Kier alpha value is -2.92. The van der Waals surface area contributed by atoms with Crippen molar-refractivity contribution in [3.63, 3.8) is 0 Å². The number of fused-ring (bicyclic) bond motifs is 3. The van der Waals surface area contributed by atoms with Crippen LogP contribution in [0.3, 0.4) is 0 Å². The summed E-state index contributed by atoms with van der Waals surface area (Å²) in [5.41, 5.74) is 2.78. The van der Waals surface area contributed by atoms with Crippen LogP contribution in [0.1, 0.15) is 41.3 Å². The molecule has 5 rings (SSSR count). The minimum Gasteiger partial charge on any atom is -0.508 e. The molecule has 3 heterocycles. The topological polar surface area (TPSA) is 58.2 Å². The monoisotopic (exact) mass is 380 g/mol. The zero-order valence-corrected chi connectivity index (χ0v) is 15.3. The molecule has 0 amide bonds. The quantitative estimate of drug-likeness (QED) is 0.664. The highest BCUT2D eigenvalue weighted by molar-refractivity contribution is 6.30. The Morgan fingerprint density at radius 2 is 2.04 bits per heavy atom. The highest BCUT2D eigenvalue weighted by Gasteiger charge is 2.42. The molecule has 136 valence electrons. The predicted molar refractivity (Wildman–Crippen MR) is 102 cm³/mol. The van der Waals surface area contributed by atoms with Crippen LogP contribution in [0.25, 0.3) is 0 Å². The lowest BCUT2D eigenvalue weighted by Crippen LogP contribution is -2.33. The Labute approximate surface area is 161 Å². The molecule has 0 saturated carbocycles. The van der Waals surface area contributed by atoms with E-state index in [0.29, 0.717) is 17.2 Å². The maximum Gasteiger partial charge on any atom is 0.246 e. The Morgan fingerprint density at radius 1 is 1.15 bits per heavy atom. The van der Waals surface area contributed by atoms with Crippen LogP contribution in [0, 0.1) is 6.92 Å². The van der Waals surface area contributed by atoms with Crippen molar-refractivity contribution >= 4 is 17.3 Å². The van der Waals surface area contributed by atoms with Gasteiger partial charge in [-0.3, -0.25) is 0 Å². The van der Waals surface area contributed by atoms with E-state index in [1.807, 2.05) is 54.4 Å². The van der Waals surface area contributed by atoms with Crippen LogP contribution in [0.15, 0.2) is 64.1 Å². The van der Waals surface area contributed by atoms with E-state index in [9.17, 15) is 5.11 Å². The van der Waals surface area contributed by atoms with E-state index in [4.69, 9.17) is 25.9 Å². The maximum atomic E-state index is 9.83. The molecule has 0 unspecified atom stereocenters. The number of halogens is 1. The molecule has 0 radical (unpaired) electrons. The predicted octanol–water partition coefficient (Wildman–Crippen LogP) is 5.19. The van der Waals surface area contributed by atoms with Crippen LogP contribution >= 0.6 is 11.6 Å². The minimum absolute atomic E-state index is 0.0137. The van der Waals surface area contributed by atoms with E-state index < -0.39 is 6.23 Å². The molecule has 6 heteroatoms. The molecule has 2 aliphatic heterocycles. The number of phenols is 1. The molecule has 5 nitrogen and oxygen atoms in total. The molecule has 0 aliphatic carbocycles. The number of hydrogen-bond donors (Lipinski definition) is 1. The van der Waals surface area contributed by atoms with Crippen molar-refractivity contribution in [1.82, 2.24) is 5.01 Å². The molecule has 0 spiro atoms. The van der Waals surface area contributed by atoms with Gasteiger partial charge in [-0.15, -0.1) is 0 Å². The third-order valence-electron chi connectivity index (χ3n) is 4.94. The van der Waals surface area contributed by atoms with Crippen molar-refractivity contribution in [2.75, 3.05) is 0 Å². The van der Waals surface area contributed by atoms with Gasteiger partial charge < -0.3 is 14.3 Å². The number of hydrazone groups is 1. The van der Waals surface area contributed by atoms with Gasteiger partial charge >= 0.3 is 0 Å². The fourth-order valence-corrected chi connectivity index (χ4v) is 3.87. The normalized spacial score (nSPS) is 20.7. The zero-order chi connectivity index (χ0) is 18.5. The number of benzene rings is 2. The largest absolute Gasteiger partial charge is 0.508 e. The Kier molecular flexibility index (Phi) is 3.65. The average Bonchev–Trinajstić information content (AvgIpc) is 3.28. The number of ether oxygens (including phenoxy) is 1. The van der Waals surface area contributed by atoms with Gasteiger partial charge in [0.2, 0.25) is 6.23 Å². The van der Waals surface area contributed by atoms with Crippen LogP contribution in [-0.4, -0.2) is 15.8 Å². The first-order valence-electron chi connectivity index (χ1n) is 8.76. The van der Waals surface area contributed by atoms with E-state index >= 15 is 0 Å². The summed E-state index contributed by atoms with van der Waals surface area (Å²) in [6.07, 6.45) is 0.239. The second kappa shape index (κ2) is 6.06. The van der Waals surface area contributed by atoms with Crippen molar-refractivity contribution in [3.8, 4) is 11.5 Å². The van der Waals surface area contributed by atoms with Crippen LogP contribution in [-0.2, 0) is 0 Å². The van der Waals surface area contributed by atoms with Crippen LogP contribution in [0.4, 0.5) is 0 Å². The van der Waals surface area contributed by atoms with Crippen LogP contribution in [0.2, 0.25) is 5.02 Å². The number of rotatable bonds is 2. The molecule has 0 saturated heterocycles. The average molecular weight is 381 g/mol. The first kappa shape index (κ1) is 16.3. The summed E-state index contributed by atoms with van der Waals surface area (Å²) in [5, 5.41) is 17.3. The summed E-state index contributed by atoms with van der Waals surface area (Å²) in [6.45, 7) is 1.91. The van der Waals surface area contributed by atoms with Crippen molar-refractivity contribution in [1.29, 1.82) is 0 Å². The summed E-state index contributed by atoms with van der Waals surface area (Å²) in [5.74, 6) is 2.53. The lowest BCUT2D eigenvalue weighted by Gasteiger charge is -2.37. The van der Waals surface area contributed by atoms with Gasteiger partial charge in [-0.2, -0.15) is 5.10 Å². The van der Waals surface area contributed by atoms with Gasteiger partial charge in [0.25, 0.3) is 0 Å². The third-order valence-corrected chi connectivity index (χ3v) is 5.17. The molecular formula is C21H17ClN2O3. The second-order valence-corrected chi connectivity index (χ2v) is 7.23. The van der Waals surface area contributed by atoms with Crippen molar-refractivity contribution < 1.29 is 14.3 Å². The third kappa shape index (κ3) is 2.75. The number of hydrogen-bond acceptors (Lipinski definition) is 5. The molecule has 1 N–H and O–H groups in total. The Balaban J connectivity index is 1.61. The summed E-state index contributed by atoms with van der Waals surface area (Å²) in [6, 6.07) is 16.6. The van der Waals surface area contributed by atoms with Crippen molar-refractivity contribution in [2.45, 2.75) is 25.6 Å². The van der Waals surface area contributed by atoms with Gasteiger partial charge in [0.1, 0.15) is 17.3 Å². The maximum absolute atomic E-state index is 9.83. The fourth-order valence-electron chi connectivity index (χ4n) is 3.69. The lowest BCUT2D eigenvalue weighted by molar-refractivity contribution is -0.0329. The van der Waals surface area contributed by atoms with Gasteiger partial charge in [0.05, 0.1) is 11.8 Å². The standard InChI is InChI=1S/C21H17ClN2O3/c1-12-5-7-20(26-12)21-24-18(16-10-14(22)6-8-19(16)27-21)11-17(23-24)13-3-2-4-15(25)9-13/h2-10,18,21,25H,11H2,1H3/t18-,21-/m1/s1. The van der Waals surface area contributed by atoms with E-state index in [1.165, 1.54) is 0 Å².